The van der Waals surface area contributed by atoms with Gasteiger partial charge >= 0.3 is 12.1 Å². The zero-order valence-electron chi connectivity index (χ0n) is 19.5. The number of amides is 1. The number of fused-ring (bicyclic) bond motifs is 1. The molecule has 1 aromatic carbocycles. The van der Waals surface area contributed by atoms with E-state index in [2.05, 4.69) is 11.1 Å². The molecule has 1 atom stereocenters. The van der Waals surface area contributed by atoms with Crippen molar-refractivity contribution in [3.05, 3.63) is 59.4 Å². The molecule has 1 aromatic heterocycles. The third-order valence-corrected chi connectivity index (χ3v) is 7.84. The number of aliphatic carboxylic acids is 1. The van der Waals surface area contributed by atoms with Gasteiger partial charge in [-0.05, 0) is 48.1 Å². The number of nitrogens with zero attached hydrogens (tertiary/aromatic N) is 2. The summed E-state index contributed by atoms with van der Waals surface area (Å²) in [5, 5.41) is 7.12. The lowest BCUT2D eigenvalue weighted by molar-refractivity contribution is -0.192. The highest BCUT2D eigenvalue weighted by atomic mass is 32.2. The van der Waals surface area contributed by atoms with Crippen LogP contribution in [0.3, 0.4) is 0 Å². The molecule has 4 heterocycles. The molecule has 5 rings (SSSR count). The molecule has 0 bridgehead atoms. The zero-order valence-corrected chi connectivity index (χ0v) is 20.3. The van der Waals surface area contributed by atoms with Gasteiger partial charge in [0.15, 0.2) is 0 Å². The first-order valence-corrected chi connectivity index (χ1v) is 12.6. The van der Waals surface area contributed by atoms with Crippen LogP contribution >= 0.6 is 11.8 Å². The third-order valence-electron chi connectivity index (χ3n) is 6.27. The van der Waals surface area contributed by atoms with Gasteiger partial charge in [-0.2, -0.15) is 13.2 Å². The zero-order chi connectivity index (χ0) is 25.8. The van der Waals surface area contributed by atoms with Gasteiger partial charge in [-0.25, -0.2) is 4.79 Å². The van der Waals surface area contributed by atoms with Crippen molar-refractivity contribution in [3.63, 3.8) is 0 Å². The van der Waals surface area contributed by atoms with Crippen LogP contribution < -0.4 is 4.74 Å². The minimum absolute atomic E-state index is 0.193. The summed E-state index contributed by atoms with van der Waals surface area (Å²) in [7, 11) is 0. The van der Waals surface area contributed by atoms with E-state index in [9.17, 15) is 18.0 Å². The number of ether oxygens (including phenoxy) is 2. The van der Waals surface area contributed by atoms with E-state index in [4.69, 9.17) is 19.4 Å². The molecular formula is C25H27F3N2O5S. The highest BCUT2D eigenvalue weighted by molar-refractivity contribution is 8.01. The topological polar surface area (TPSA) is 89.0 Å². The first kappa shape index (κ1) is 26.3. The maximum absolute atomic E-state index is 12.7. The number of pyridine rings is 1. The normalized spacial score (nSPS) is 20.0. The number of aryl methyl sites for hydroxylation is 1. The number of carbonyl (C=O) groups is 2. The number of halogens is 3. The molecule has 1 unspecified atom stereocenters. The van der Waals surface area contributed by atoms with Crippen molar-refractivity contribution in [3.8, 4) is 5.75 Å². The van der Waals surface area contributed by atoms with Crippen LogP contribution in [0, 0.1) is 0 Å². The number of alkyl halides is 3. The second-order valence-electron chi connectivity index (χ2n) is 9.12. The van der Waals surface area contributed by atoms with Crippen LogP contribution in [0.1, 0.15) is 29.5 Å². The minimum Gasteiger partial charge on any atom is -0.493 e. The van der Waals surface area contributed by atoms with E-state index >= 15 is 0 Å². The van der Waals surface area contributed by atoms with Crippen molar-refractivity contribution < 1.29 is 37.3 Å². The van der Waals surface area contributed by atoms with Gasteiger partial charge in [-0.15, -0.1) is 11.8 Å². The van der Waals surface area contributed by atoms with Crippen molar-refractivity contribution in [2.24, 2.45) is 0 Å². The maximum Gasteiger partial charge on any atom is 0.490 e. The van der Waals surface area contributed by atoms with Gasteiger partial charge in [0.1, 0.15) is 5.75 Å². The van der Waals surface area contributed by atoms with Gasteiger partial charge in [0.05, 0.1) is 30.5 Å². The van der Waals surface area contributed by atoms with Crippen molar-refractivity contribution in [1.29, 1.82) is 0 Å². The number of aromatic nitrogens is 1. The quantitative estimate of drug-likeness (QED) is 0.635. The molecule has 1 amide bonds. The van der Waals surface area contributed by atoms with E-state index in [0.29, 0.717) is 13.0 Å². The average Bonchev–Trinajstić information content (AvgIpc) is 3.27. The van der Waals surface area contributed by atoms with Gasteiger partial charge < -0.3 is 19.5 Å². The van der Waals surface area contributed by atoms with Gasteiger partial charge in [0.25, 0.3) is 0 Å². The summed E-state index contributed by atoms with van der Waals surface area (Å²) in [4.78, 5) is 27.8. The fourth-order valence-electron chi connectivity index (χ4n) is 4.46. The van der Waals surface area contributed by atoms with E-state index in [1.165, 1.54) is 5.56 Å². The van der Waals surface area contributed by atoms with Gasteiger partial charge in [-0.3, -0.25) is 9.78 Å². The number of carboxylic acid groups (broad SMARTS) is 1. The number of rotatable bonds is 5. The smallest absolute Gasteiger partial charge is 0.490 e. The van der Waals surface area contributed by atoms with Crippen LogP contribution in [0.2, 0.25) is 0 Å². The van der Waals surface area contributed by atoms with E-state index < -0.39 is 12.1 Å². The van der Waals surface area contributed by atoms with Crippen LogP contribution in [0.25, 0.3) is 0 Å². The molecule has 2 saturated heterocycles. The van der Waals surface area contributed by atoms with E-state index in [1.807, 2.05) is 47.1 Å². The van der Waals surface area contributed by atoms with Crippen LogP contribution in [-0.4, -0.2) is 69.3 Å². The summed E-state index contributed by atoms with van der Waals surface area (Å²) in [5.74, 6) is -0.539. The first-order valence-electron chi connectivity index (χ1n) is 11.6. The Hall–Kier alpha value is -2.79. The lowest BCUT2D eigenvalue weighted by atomic mass is 9.92. The fourth-order valence-corrected chi connectivity index (χ4v) is 6.01. The number of thioether (sulfide) groups is 1. The van der Waals surface area contributed by atoms with E-state index in [1.54, 1.807) is 6.20 Å². The summed E-state index contributed by atoms with van der Waals surface area (Å²) < 4.78 is 43.7. The fraction of sp³-hybridized carbons (Fsp3) is 0.480. The molecule has 0 aliphatic carbocycles. The van der Waals surface area contributed by atoms with Crippen molar-refractivity contribution >= 4 is 23.6 Å². The molecule has 11 heteroatoms. The summed E-state index contributed by atoms with van der Waals surface area (Å²) >= 11 is 1.97. The Kier molecular flexibility index (Phi) is 8.09. The molecule has 2 aromatic rings. The standard InChI is InChI=1S/C23H26N2O3S.C2HF3O2/c26-22(10-17-5-6-21-19(9-17)4-2-8-27-21)25-15-23(16-25)11-20(14-29-23)28-13-18-3-1-7-24-12-18;3-2(4,5)1(6)7/h1,3,5-7,9,12,20H,2,4,8,10-11,13-16H2;(H,6,7). The summed E-state index contributed by atoms with van der Waals surface area (Å²) in [6, 6.07) is 10.2. The number of hydrogen-bond donors (Lipinski definition) is 1. The monoisotopic (exact) mass is 524 g/mol. The molecular weight excluding hydrogens is 497 g/mol. The van der Waals surface area contributed by atoms with Crippen LogP contribution in [0.5, 0.6) is 5.75 Å². The Labute approximate surface area is 211 Å². The number of carboxylic acids is 1. The second-order valence-corrected chi connectivity index (χ2v) is 10.6. The Morgan fingerprint density at radius 3 is 2.72 bits per heavy atom. The highest BCUT2D eigenvalue weighted by Crippen LogP contribution is 2.46. The van der Waals surface area contributed by atoms with Crippen LogP contribution in [0.15, 0.2) is 42.7 Å². The second kappa shape index (κ2) is 11.1. The maximum atomic E-state index is 12.7. The van der Waals surface area contributed by atoms with Gasteiger partial charge in [0, 0.05) is 31.2 Å². The Morgan fingerprint density at radius 1 is 1.25 bits per heavy atom. The van der Waals surface area contributed by atoms with Crippen molar-refractivity contribution in [1.82, 2.24) is 9.88 Å². The molecule has 1 N–H and O–H groups in total. The lowest BCUT2D eigenvalue weighted by Gasteiger charge is -2.47. The highest BCUT2D eigenvalue weighted by Gasteiger charge is 2.50. The number of benzene rings is 1. The van der Waals surface area contributed by atoms with Gasteiger partial charge in [-0.1, -0.05) is 18.2 Å². The Balaban J connectivity index is 0.000000384. The lowest BCUT2D eigenvalue weighted by Crippen LogP contribution is -2.61. The van der Waals surface area contributed by atoms with Crippen LogP contribution in [0.4, 0.5) is 13.2 Å². The minimum atomic E-state index is -5.08. The SMILES string of the molecule is O=C(Cc1ccc2c(c1)CCCO2)N1CC2(CC(OCc3cccnc3)CS2)C1.O=C(O)C(F)(F)F. The Bertz CT molecular complexity index is 1080. The molecule has 7 nitrogen and oxygen atoms in total. The third kappa shape index (κ3) is 6.70. The molecule has 3 aliphatic heterocycles. The van der Waals surface area contributed by atoms with E-state index in [-0.39, 0.29) is 16.8 Å². The average molecular weight is 525 g/mol. The molecule has 3 aliphatic rings. The molecule has 2 fully saturated rings. The predicted molar refractivity (Wildman–Crippen MR) is 127 cm³/mol. The predicted octanol–water partition coefficient (Wildman–Crippen LogP) is 3.89. The molecule has 194 valence electrons. The van der Waals surface area contributed by atoms with E-state index in [0.717, 1.165) is 61.6 Å². The summed E-state index contributed by atoms with van der Waals surface area (Å²) in [6.45, 7) is 3.10. The molecule has 36 heavy (non-hydrogen) atoms. The van der Waals surface area contributed by atoms with Crippen molar-refractivity contribution in [2.45, 2.75) is 49.3 Å². The van der Waals surface area contributed by atoms with Crippen LogP contribution in [-0.2, 0) is 33.8 Å². The Morgan fingerprint density at radius 2 is 2.03 bits per heavy atom. The number of likely N-dealkylation sites (tertiary alicyclic amines) is 1. The molecule has 0 saturated carbocycles. The number of carbonyl (C=O) groups excluding carboxylic acids is 1. The summed E-state index contributed by atoms with van der Waals surface area (Å²) in [5.41, 5.74) is 3.44. The summed E-state index contributed by atoms with van der Waals surface area (Å²) in [6.07, 6.45) is 2.42. The molecule has 0 radical (unpaired) electrons. The molecule has 1 spiro atoms. The number of hydrogen-bond acceptors (Lipinski definition) is 6. The first-order chi connectivity index (χ1) is 17.1. The van der Waals surface area contributed by atoms with Gasteiger partial charge in [0.2, 0.25) is 5.91 Å². The largest absolute Gasteiger partial charge is 0.493 e. The van der Waals surface area contributed by atoms with Crippen molar-refractivity contribution in [2.75, 3.05) is 25.4 Å².